The highest BCUT2D eigenvalue weighted by Crippen LogP contribution is 2.31. The third-order valence-corrected chi connectivity index (χ3v) is 9.71. The molecule has 210 valence electrons. The van der Waals surface area contributed by atoms with E-state index in [1.807, 2.05) is 34.8 Å². The number of imidazole rings is 1. The summed E-state index contributed by atoms with van der Waals surface area (Å²) in [5.74, 6) is 1.48. The molecule has 0 spiro atoms. The zero-order valence-corrected chi connectivity index (χ0v) is 23.4. The molecule has 3 heterocycles. The van der Waals surface area contributed by atoms with Crippen molar-refractivity contribution in [2.24, 2.45) is 5.73 Å². The summed E-state index contributed by atoms with van der Waals surface area (Å²) < 4.78 is 34.8. The summed E-state index contributed by atoms with van der Waals surface area (Å²) in [4.78, 5) is 5.01. The number of aromatic nitrogens is 3. The Balaban J connectivity index is 1.34. The van der Waals surface area contributed by atoms with Gasteiger partial charge in [-0.05, 0) is 74.9 Å². The molecule has 1 aliphatic heterocycles. The lowest BCUT2D eigenvalue weighted by molar-refractivity contribution is 0.410. The van der Waals surface area contributed by atoms with Gasteiger partial charge in [0.1, 0.15) is 11.6 Å². The van der Waals surface area contributed by atoms with E-state index >= 15 is 0 Å². The maximum Gasteiger partial charge on any atom is 0.243 e. The topological polar surface area (TPSA) is 127 Å². The first-order valence-corrected chi connectivity index (χ1v) is 15.3. The summed E-state index contributed by atoms with van der Waals surface area (Å²) in [6.07, 6.45) is 7.56. The lowest BCUT2D eigenvalue weighted by atomic mass is 9.92. The number of rotatable bonds is 8. The highest BCUT2D eigenvalue weighted by Gasteiger charge is 2.27. The molecule has 2 aromatic heterocycles. The van der Waals surface area contributed by atoms with Crippen LogP contribution in [-0.2, 0) is 10.0 Å². The van der Waals surface area contributed by atoms with E-state index in [1.54, 1.807) is 41.9 Å². The van der Waals surface area contributed by atoms with E-state index in [0.29, 0.717) is 23.6 Å². The van der Waals surface area contributed by atoms with Crippen LogP contribution in [0.1, 0.15) is 38.5 Å². The Morgan fingerprint density at radius 3 is 2.48 bits per heavy atom. The van der Waals surface area contributed by atoms with Crippen LogP contribution in [-0.4, -0.2) is 59.6 Å². The number of methoxy groups -OCH3 is 1. The monoisotopic (exact) mass is 561 g/mol. The van der Waals surface area contributed by atoms with Crippen molar-refractivity contribution in [2.45, 2.75) is 55.5 Å². The number of fused-ring (bicyclic) bond motifs is 1. The van der Waals surface area contributed by atoms with Gasteiger partial charge in [0.25, 0.3) is 0 Å². The molecule has 4 aromatic rings. The van der Waals surface area contributed by atoms with Crippen molar-refractivity contribution in [3.05, 3.63) is 60.8 Å². The lowest BCUT2D eigenvalue weighted by Crippen LogP contribution is -2.33. The molecule has 2 aromatic carbocycles. The van der Waals surface area contributed by atoms with Gasteiger partial charge in [0.2, 0.25) is 10.0 Å². The van der Waals surface area contributed by atoms with Gasteiger partial charge in [-0.2, -0.15) is 4.31 Å². The van der Waals surface area contributed by atoms with Crippen LogP contribution in [0.4, 0.5) is 17.2 Å². The summed E-state index contributed by atoms with van der Waals surface area (Å²) in [6, 6.07) is 17.2. The molecular formula is C29H35N7O3S. The number of hydrogen-bond donors (Lipinski definition) is 3. The molecule has 0 amide bonds. The van der Waals surface area contributed by atoms with Gasteiger partial charge in [-0.15, -0.1) is 5.10 Å². The van der Waals surface area contributed by atoms with E-state index in [9.17, 15) is 8.42 Å². The van der Waals surface area contributed by atoms with E-state index < -0.39 is 10.0 Å². The Morgan fingerprint density at radius 1 is 1.00 bits per heavy atom. The fourth-order valence-corrected chi connectivity index (χ4v) is 7.04. The van der Waals surface area contributed by atoms with Gasteiger partial charge in [-0.25, -0.2) is 17.9 Å². The maximum atomic E-state index is 13.0. The first-order valence-electron chi connectivity index (χ1n) is 13.8. The predicted molar refractivity (Wildman–Crippen MR) is 157 cm³/mol. The van der Waals surface area contributed by atoms with E-state index in [1.165, 1.54) is 0 Å². The average Bonchev–Trinajstić information content (AvgIpc) is 3.66. The minimum absolute atomic E-state index is 0.260. The number of nitrogens with two attached hydrogens (primary N) is 1. The van der Waals surface area contributed by atoms with Gasteiger partial charge in [-0.1, -0.05) is 12.1 Å². The van der Waals surface area contributed by atoms with E-state index in [2.05, 4.69) is 10.6 Å². The first-order chi connectivity index (χ1) is 19.4. The van der Waals surface area contributed by atoms with Gasteiger partial charge in [0.05, 0.1) is 29.6 Å². The molecule has 1 saturated carbocycles. The Labute approximate surface area is 234 Å². The molecule has 6 rings (SSSR count). The van der Waals surface area contributed by atoms with Crippen molar-refractivity contribution < 1.29 is 13.2 Å². The molecule has 10 nitrogen and oxygen atoms in total. The Bertz CT molecular complexity index is 1590. The zero-order valence-electron chi connectivity index (χ0n) is 22.6. The largest absolute Gasteiger partial charge is 0.497 e. The Hall–Kier alpha value is -3.67. The second-order valence-corrected chi connectivity index (χ2v) is 12.5. The summed E-state index contributed by atoms with van der Waals surface area (Å²) in [5, 5.41) is 12.0. The van der Waals surface area contributed by atoms with Crippen molar-refractivity contribution in [3.63, 3.8) is 0 Å². The van der Waals surface area contributed by atoms with Crippen molar-refractivity contribution >= 4 is 32.9 Å². The molecular weight excluding hydrogens is 526 g/mol. The van der Waals surface area contributed by atoms with E-state index in [-0.39, 0.29) is 12.1 Å². The third-order valence-electron chi connectivity index (χ3n) is 7.79. The van der Waals surface area contributed by atoms with Gasteiger partial charge >= 0.3 is 0 Å². The molecule has 2 aliphatic rings. The SMILES string of the molecule is COc1cccc(-c2cnc3c(Nc4ccc(S(=O)(=O)N5CCCC5)cc4)cc(NC4CCC(N)CC4)nn23)c1. The number of sulfonamides is 1. The quantitative estimate of drug-likeness (QED) is 0.285. The van der Waals surface area contributed by atoms with E-state index in [0.717, 1.165) is 72.7 Å². The summed E-state index contributed by atoms with van der Waals surface area (Å²) in [5.41, 5.74) is 10.1. The summed E-state index contributed by atoms with van der Waals surface area (Å²) in [7, 11) is -1.83. The van der Waals surface area contributed by atoms with Gasteiger partial charge < -0.3 is 21.1 Å². The van der Waals surface area contributed by atoms with E-state index in [4.69, 9.17) is 20.6 Å². The molecule has 1 saturated heterocycles. The summed E-state index contributed by atoms with van der Waals surface area (Å²) >= 11 is 0. The number of hydrogen-bond acceptors (Lipinski definition) is 8. The van der Waals surface area contributed by atoms with Crippen LogP contribution in [0.25, 0.3) is 16.9 Å². The van der Waals surface area contributed by atoms with Crippen LogP contribution in [0.3, 0.4) is 0 Å². The number of nitrogens with one attached hydrogen (secondary N) is 2. The molecule has 1 aliphatic carbocycles. The predicted octanol–water partition coefficient (Wildman–Crippen LogP) is 4.61. The molecule has 40 heavy (non-hydrogen) atoms. The number of ether oxygens (including phenoxy) is 1. The van der Waals surface area contributed by atoms with Crippen LogP contribution in [0.5, 0.6) is 5.75 Å². The maximum absolute atomic E-state index is 13.0. The zero-order chi connectivity index (χ0) is 27.7. The summed E-state index contributed by atoms with van der Waals surface area (Å²) in [6.45, 7) is 1.16. The van der Waals surface area contributed by atoms with Crippen LogP contribution in [0.15, 0.2) is 65.7 Å². The Morgan fingerprint density at radius 2 is 1.75 bits per heavy atom. The molecule has 0 unspecified atom stereocenters. The molecule has 0 atom stereocenters. The first kappa shape index (κ1) is 26.5. The van der Waals surface area contributed by atoms with Crippen molar-refractivity contribution in [3.8, 4) is 17.0 Å². The Kier molecular flexibility index (Phi) is 7.35. The number of benzene rings is 2. The molecule has 11 heteroatoms. The standard InChI is InChI=1S/C29H35N7O3S/c1-39-24-6-4-5-20(17-24)27-19-31-29-26(18-28(34-36(27)29)33-23-9-7-21(30)8-10-23)32-22-11-13-25(14-12-22)40(37,38)35-15-2-3-16-35/h4-6,11-14,17-19,21,23,32H,2-3,7-10,15-16,30H2,1H3,(H,33,34). The van der Waals surface area contributed by atoms with Crippen LogP contribution < -0.4 is 21.1 Å². The second-order valence-electron chi connectivity index (χ2n) is 10.6. The minimum Gasteiger partial charge on any atom is -0.497 e. The molecule has 2 fully saturated rings. The second kappa shape index (κ2) is 11.1. The highest BCUT2D eigenvalue weighted by molar-refractivity contribution is 7.89. The smallest absolute Gasteiger partial charge is 0.243 e. The van der Waals surface area contributed by atoms with Gasteiger partial charge in [0, 0.05) is 42.5 Å². The molecule has 0 bridgehead atoms. The number of nitrogens with zero attached hydrogens (tertiary/aromatic N) is 4. The van der Waals surface area contributed by atoms with Crippen LogP contribution >= 0.6 is 0 Å². The van der Waals surface area contributed by atoms with Crippen molar-refractivity contribution in [2.75, 3.05) is 30.8 Å². The third kappa shape index (κ3) is 5.36. The lowest BCUT2D eigenvalue weighted by Gasteiger charge is -2.27. The van der Waals surface area contributed by atoms with Crippen molar-refractivity contribution in [1.29, 1.82) is 0 Å². The molecule has 0 radical (unpaired) electrons. The van der Waals surface area contributed by atoms with Gasteiger partial charge in [-0.3, -0.25) is 0 Å². The van der Waals surface area contributed by atoms with Crippen LogP contribution in [0, 0.1) is 0 Å². The fraction of sp³-hybridized carbons (Fsp3) is 0.379. The van der Waals surface area contributed by atoms with Crippen LogP contribution in [0.2, 0.25) is 0 Å². The fourth-order valence-electron chi connectivity index (χ4n) is 5.53. The normalized spacial score (nSPS) is 20.1. The average molecular weight is 562 g/mol. The number of anilines is 3. The van der Waals surface area contributed by atoms with Gasteiger partial charge in [0.15, 0.2) is 5.65 Å². The van der Waals surface area contributed by atoms with Crippen molar-refractivity contribution in [1.82, 2.24) is 18.9 Å². The minimum atomic E-state index is -3.47. The highest BCUT2D eigenvalue weighted by atomic mass is 32.2. The molecule has 4 N–H and O–H groups in total.